The van der Waals surface area contributed by atoms with Gasteiger partial charge < -0.3 is 19.3 Å². The molecule has 0 spiro atoms. The number of carbonyl (C=O) groups excluding carboxylic acids is 1. The van der Waals surface area contributed by atoms with Gasteiger partial charge in [0.1, 0.15) is 24.9 Å². The Balaban J connectivity index is 1.42. The van der Waals surface area contributed by atoms with Crippen LogP contribution in [-0.4, -0.2) is 72.1 Å². The number of fused-ring (bicyclic) bond motifs is 2. The van der Waals surface area contributed by atoms with Crippen molar-refractivity contribution in [2.24, 2.45) is 0 Å². The Morgan fingerprint density at radius 2 is 1.86 bits per heavy atom. The summed E-state index contributed by atoms with van der Waals surface area (Å²) in [5.41, 5.74) is 3.29. The second kappa shape index (κ2) is 10.3. The van der Waals surface area contributed by atoms with Crippen LogP contribution in [0.4, 0.5) is 5.82 Å². The highest BCUT2D eigenvalue weighted by Crippen LogP contribution is 2.34. The number of anilines is 1. The van der Waals surface area contributed by atoms with E-state index in [0.29, 0.717) is 26.3 Å². The molecule has 5 rings (SSSR count). The summed E-state index contributed by atoms with van der Waals surface area (Å²) in [7, 11) is 2.10. The molecule has 1 amide bonds. The van der Waals surface area contributed by atoms with Gasteiger partial charge in [0.15, 0.2) is 11.5 Å². The van der Waals surface area contributed by atoms with E-state index in [9.17, 15) is 4.79 Å². The number of aromatic nitrogens is 2. The second-order valence-corrected chi connectivity index (χ2v) is 9.78. The maximum absolute atomic E-state index is 11.9. The normalized spacial score (nSPS) is 16.8. The standard InChI is InChI=1S/C28H35N5O3/c1-19-7-5-8-23-27(19)29-26(30-28(23)33-12-6-11-32(13-14-33)21(3)34)18-31(4)20(2)22-9-10-24-25(17-22)36-16-15-35-24/h5,7-10,17,20H,6,11-16,18H2,1-4H3. The molecule has 1 aromatic heterocycles. The summed E-state index contributed by atoms with van der Waals surface area (Å²) in [5, 5.41) is 1.07. The van der Waals surface area contributed by atoms with Crippen LogP contribution in [0.1, 0.15) is 43.3 Å². The highest BCUT2D eigenvalue weighted by molar-refractivity contribution is 5.91. The zero-order chi connectivity index (χ0) is 25.2. The molecule has 1 fully saturated rings. The van der Waals surface area contributed by atoms with Gasteiger partial charge in [-0.25, -0.2) is 9.97 Å². The van der Waals surface area contributed by atoms with E-state index in [1.807, 2.05) is 11.0 Å². The van der Waals surface area contributed by atoms with Gasteiger partial charge in [-0.05, 0) is 56.6 Å². The van der Waals surface area contributed by atoms with Gasteiger partial charge in [0.2, 0.25) is 5.91 Å². The molecule has 3 aromatic rings. The second-order valence-electron chi connectivity index (χ2n) is 9.78. The first-order valence-corrected chi connectivity index (χ1v) is 12.8. The molecular weight excluding hydrogens is 454 g/mol. The first-order chi connectivity index (χ1) is 17.4. The molecule has 2 aliphatic heterocycles. The van der Waals surface area contributed by atoms with E-state index in [4.69, 9.17) is 19.4 Å². The maximum Gasteiger partial charge on any atom is 0.219 e. The minimum atomic E-state index is 0.135. The molecule has 0 aliphatic carbocycles. The van der Waals surface area contributed by atoms with Crippen LogP contribution < -0.4 is 14.4 Å². The predicted octanol–water partition coefficient (Wildman–Crippen LogP) is 3.96. The van der Waals surface area contributed by atoms with E-state index in [1.165, 1.54) is 0 Å². The van der Waals surface area contributed by atoms with Crippen LogP contribution in [-0.2, 0) is 11.3 Å². The summed E-state index contributed by atoms with van der Waals surface area (Å²) in [5.74, 6) is 3.50. The van der Waals surface area contributed by atoms with Gasteiger partial charge in [0, 0.05) is 44.5 Å². The summed E-state index contributed by atoms with van der Waals surface area (Å²) < 4.78 is 11.5. The van der Waals surface area contributed by atoms with Crippen LogP contribution >= 0.6 is 0 Å². The Bertz CT molecular complexity index is 1260. The summed E-state index contributed by atoms with van der Waals surface area (Å²) in [6.07, 6.45) is 0.924. The predicted molar refractivity (Wildman–Crippen MR) is 141 cm³/mol. The number of ether oxygens (including phenoxy) is 2. The van der Waals surface area contributed by atoms with Crippen molar-refractivity contribution < 1.29 is 14.3 Å². The van der Waals surface area contributed by atoms with E-state index >= 15 is 0 Å². The molecule has 0 saturated carbocycles. The third kappa shape index (κ3) is 4.95. The summed E-state index contributed by atoms with van der Waals surface area (Å²) >= 11 is 0. The fourth-order valence-corrected chi connectivity index (χ4v) is 5.01. The molecule has 2 aromatic carbocycles. The summed E-state index contributed by atoms with van der Waals surface area (Å²) in [4.78, 5) is 28.5. The average Bonchev–Trinajstić information content (AvgIpc) is 3.14. The van der Waals surface area contributed by atoms with E-state index in [2.05, 4.69) is 61.0 Å². The number of hydrogen-bond acceptors (Lipinski definition) is 7. The van der Waals surface area contributed by atoms with Crippen molar-refractivity contribution >= 4 is 22.6 Å². The minimum absolute atomic E-state index is 0.135. The fraction of sp³-hybridized carbons (Fsp3) is 0.464. The number of nitrogens with zero attached hydrogens (tertiary/aromatic N) is 5. The molecular formula is C28H35N5O3. The Morgan fingerprint density at radius 3 is 2.67 bits per heavy atom. The highest BCUT2D eigenvalue weighted by atomic mass is 16.6. The van der Waals surface area contributed by atoms with Gasteiger partial charge in [-0.15, -0.1) is 0 Å². The number of carbonyl (C=O) groups is 1. The number of amides is 1. The lowest BCUT2D eigenvalue weighted by molar-refractivity contribution is -0.128. The summed E-state index contributed by atoms with van der Waals surface area (Å²) in [6, 6.07) is 12.6. The Hall–Kier alpha value is -3.39. The van der Waals surface area contributed by atoms with Crippen molar-refractivity contribution in [3.05, 3.63) is 53.3 Å². The molecule has 8 heteroatoms. The Kier molecular flexibility index (Phi) is 6.96. The largest absolute Gasteiger partial charge is 0.486 e. The Morgan fingerprint density at radius 1 is 1.06 bits per heavy atom. The van der Waals surface area contributed by atoms with Crippen molar-refractivity contribution in [3.63, 3.8) is 0 Å². The van der Waals surface area contributed by atoms with Gasteiger partial charge in [-0.3, -0.25) is 9.69 Å². The van der Waals surface area contributed by atoms with Crippen molar-refractivity contribution in [1.29, 1.82) is 0 Å². The van der Waals surface area contributed by atoms with Gasteiger partial charge in [-0.2, -0.15) is 0 Å². The number of aryl methyl sites for hydroxylation is 1. The molecule has 36 heavy (non-hydrogen) atoms. The Labute approximate surface area is 212 Å². The van der Waals surface area contributed by atoms with Crippen LogP contribution in [0, 0.1) is 6.92 Å². The first kappa shape index (κ1) is 24.3. The van der Waals surface area contributed by atoms with Crippen molar-refractivity contribution in [2.75, 3.05) is 51.3 Å². The third-order valence-electron chi connectivity index (χ3n) is 7.30. The van der Waals surface area contributed by atoms with Crippen LogP contribution in [0.3, 0.4) is 0 Å². The highest BCUT2D eigenvalue weighted by Gasteiger charge is 2.22. The van der Waals surface area contributed by atoms with Crippen LogP contribution in [0.25, 0.3) is 10.9 Å². The molecule has 0 bridgehead atoms. The maximum atomic E-state index is 11.9. The van der Waals surface area contributed by atoms with Gasteiger partial charge in [0.25, 0.3) is 0 Å². The monoisotopic (exact) mass is 489 g/mol. The van der Waals surface area contributed by atoms with E-state index in [0.717, 1.165) is 71.2 Å². The zero-order valence-corrected chi connectivity index (χ0v) is 21.7. The molecule has 3 heterocycles. The molecule has 1 unspecified atom stereocenters. The molecule has 0 radical (unpaired) electrons. The lowest BCUT2D eigenvalue weighted by atomic mass is 10.1. The molecule has 190 valence electrons. The van der Waals surface area contributed by atoms with Gasteiger partial charge in [0.05, 0.1) is 12.1 Å². The van der Waals surface area contributed by atoms with Crippen LogP contribution in [0.15, 0.2) is 36.4 Å². The number of hydrogen-bond donors (Lipinski definition) is 0. The fourth-order valence-electron chi connectivity index (χ4n) is 5.01. The van der Waals surface area contributed by atoms with Crippen molar-refractivity contribution in [1.82, 2.24) is 19.8 Å². The smallest absolute Gasteiger partial charge is 0.219 e. The lowest BCUT2D eigenvalue weighted by Crippen LogP contribution is -2.34. The molecule has 1 saturated heterocycles. The average molecular weight is 490 g/mol. The summed E-state index contributed by atoms with van der Waals surface area (Å²) in [6.45, 7) is 10.8. The first-order valence-electron chi connectivity index (χ1n) is 12.8. The van der Waals surface area contributed by atoms with Crippen molar-refractivity contribution in [2.45, 2.75) is 39.8 Å². The van der Waals surface area contributed by atoms with Crippen LogP contribution in [0.2, 0.25) is 0 Å². The molecule has 8 nitrogen and oxygen atoms in total. The van der Waals surface area contributed by atoms with E-state index < -0.39 is 0 Å². The lowest BCUT2D eigenvalue weighted by Gasteiger charge is -2.28. The minimum Gasteiger partial charge on any atom is -0.486 e. The van der Waals surface area contributed by atoms with E-state index in [1.54, 1.807) is 6.92 Å². The molecule has 1 atom stereocenters. The quantitative estimate of drug-likeness (QED) is 0.537. The van der Waals surface area contributed by atoms with Gasteiger partial charge in [-0.1, -0.05) is 18.2 Å². The number of benzene rings is 2. The van der Waals surface area contributed by atoms with Gasteiger partial charge >= 0.3 is 0 Å². The topological polar surface area (TPSA) is 71.0 Å². The number of para-hydroxylation sites is 1. The number of rotatable bonds is 5. The zero-order valence-electron chi connectivity index (χ0n) is 21.7. The molecule has 2 aliphatic rings. The third-order valence-corrected chi connectivity index (χ3v) is 7.30. The SMILES string of the molecule is CC(=O)N1CCCN(c2nc(CN(C)C(C)c3ccc4c(c3)OCCO4)nc3c(C)cccc23)CC1. The van der Waals surface area contributed by atoms with Crippen LogP contribution in [0.5, 0.6) is 11.5 Å². The van der Waals surface area contributed by atoms with E-state index in [-0.39, 0.29) is 11.9 Å². The van der Waals surface area contributed by atoms with Crippen molar-refractivity contribution in [3.8, 4) is 11.5 Å². The molecule has 0 N–H and O–H groups in total.